The van der Waals surface area contributed by atoms with Gasteiger partial charge >= 0.3 is 0 Å². The Kier molecular flexibility index (Phi) is 2.47. The Morgan fingerprint density at radius 2 is 2.60 bits per heavy atom. The van der Waals surface area contributed by atoms with Crippen molar-refractivity contribution in [2.24, 2.45) is 5.73 Å². The van der Waals surface area contributed by atoms with Gasteiger partial charge in [-0.25, -0.2) is 4.98 Å². The summed E-state index contributed by atoms with van der Waals surface area (Å²) >= 11 is 1.10. The predicted molar refractivity (Wildman–Crippen MR) is 37.9 cm³/mol. The molecule has 0 amide bonds. The highest BCUT2D eigenvalue weighted by Crippen LogP contribution is 2.02. The zero-order valence-corrected chi connectivity index (χ0v) is 6.10. The molecule has 1 heterocycles. The van der Waals surface area contributed by atoms with Crippen LogP contribution >= 0.6 is 11.5 Å². The lowest BCUT2D eigenvalue weighted by atomic mass is 10.3. The summed E-state index contributed by atoms with van der Waals surface area (Å²) in [5.41, 5.74) is 5.17. The smallest absolute Gasteiger partial charge is 0.194 e. The third kappa shape index (κ3) is 1.58. The number of hydrogen-bond donors (Lipinski definition) is 1. The number of ketones is 1. The van der Waals surface area contributed by atoms with Crippen molar-refractivity contribution in [3.05, 3.63) is 11.3 Å². The van der Waals surface area contributed by atoms with Gasteiger partial charge in [0.05, 0.1) is 0 Å². The number of hydrogen-bond acceptors (Lipinski definition) is 5. The molecule has 0 aliphatic heterocycles. The van der Waals surface area contributed by atoms with Gasteiger partial charge in [0.2, 0.25) is 0 Å². The van der Waals surface area contributed by atoms with Gasteiger partial charge in [0.1, 0.15) is 6.33 Å². The summed E-state index contributed by atoms with van der Waals surface area (Å²) in [7, 11) is 0. The highest BCUT2D eigenvalue weighted by molar-refractivity contribution is 7.07. The Labute approximate surface area is 62.2 Å². The molecular formula is C5H7N3OS. The Hall–Kier alpha value is -0.810. The lowest BCUT2D eigenvalue weighted by Crippen LogP contribution is -2.07. The van der Waals surface area contributed by atoms with Gasteiger partial charge in [0.25, 0.3) is 0 Å². The second-order valence-corrected chi connectivity index (χ2v) is 2.49. The molecule has 1 aromatic rings. The minimum Gasteiger partial charge on any atom is -0.330 e. The highest BCUT2D eigenvalue weighted by atomic mass is 32.1. The Balaban J connectivity index is 2.59. The largest absolute Gasteiger partial charge is 0.330 e. The number of rotatable bonds is 3. The van der Waals surface area contributed by atoms with Crippen LogP contribution in [0.15, 0.2) is 6.33 Å². The monoisotopic (exact) mass is 157 g/mol. The van der Waals surface area contributed by atoms with E-state index in [-0.39, 0.29) is 5.78 Å². The molecule has 1 rings (SSSR count). The Morgan fingerprint density at radius 3 is 3.10 bits per heavy atom. The average molecular weight is 157 g/mol. The number of carbonyl (C=O) groups is 1. The predicted octanol–water partition coefficient (Wildman–Crippen LogP) is 0.0696. The molecule has 0 aromatic carbocycles. The fraction of sp³-hybridized carbons (Fsp3) is 0.400. The number of aromatic nitrogens is 2. The summed E-state index contributed by atoms with van der Waals surface area (Å²) in [5.74, 6) is -0.0231. The van der Waals surface area contributed by atoms with Crippen molar-refractivity contribution in [1.29, 1.82) is 0 Å². The molecule has 4 nitrogen and oxygen atoms in total. The first-order valence-electron chi connectivity index (χ1n) is 2.84. The van der Waals surface area contributed by atoms with Crippen LogP contribution in [0.5, 0.6) is 0 Å². The van der Waals surface area contributed by atoms with Crippen molar-refractivity contribution in [1.82, 2.24) is 9.36 Å². The lowest BCUT2D eigenvalue weighted by molar-refractivity contribution is 0.0985. The van der Waals surface area contributed by atoms with Crippen molar-refractivity contribution in [3.8, 4) is 0 Å². The van der Waals surface area contributed by atoms with Gasteiger partial charge in [-0.15, -0.1) is 0 Å². The van der Waals surface area contributed by atoms with E-state index in [1.54, 1.807) is 0 Å². The van der Waals surface area contributed by atoms with E-state index in [0.717, 1.165) is 11.5 Å². The molecule has 0 saturated heterocycles. The molecule has 10 heavy (non-hydrogen) atoms. The fourth-order valence-electron chi connectivity index (χ4n) is 0.534. The minimum atomic E-state index is -0.0231. The molecule has 54 valence electrons. The molecule has 2 N–H and O–H groups in total. The van der Waals surface area contributed by atoms with Crippen molar-refractivity contribution in [3.63, 3.8) is 0 Å². The van der Waals surface area contributed by atoms with E-state index in [0.29, 0.717) is 18.0 Å². The highest BCUT2D eigenvalue weighted by Gasteiger charge is 2.06. The molecule has 0 spiro atoms. The van der Waals surface area contributed by atoms with Crippen molar-refractivity contribution in [2.45, 2.75) is 6.42 Å². The maximum atomic E-state index is 10.9. The minimum absolute atomic E-state index is 0.0231. The first-order chi connectivity index (χ1) is 4.84. The van der Waals surface area contributed by atoms with Crippen molar-refractivity contribution in [2.75, 3.05) is 6.54 Å². The van der Waals surface area contributed by atoms with Crippen molar-refractivity contribution >= 4 is 17.3 Å². The Bertz CT molecular complexity index is 209. The molecule has 0 aliphatic carbocycles. The van der Waals surface area contributed by atoms with Gasteiger partial charge in [-0.2, -0.15) is 4.37 Å². The van der Waals surface area contributed by atoms with Crippen LogP contribution in [-0.4, -0.2) is 21.7 Å². The third-order valence-corrected chi connectivity index (χ3v) is 1.68. The second kappa shape index (κ2) is 3.38. The summed E-state index contributed by atoms with van der Waals surface area (Å²) in [4.78, 5) is 14.7. The molecule has 0 unspecified atom stereocenters. The average Bonchev–Trinajstić information content (AvgIpc) is 2.38. The maximum Gasteiger partial charge on any atom is 0.194 e. The van der Waals surface area contributed by atoms with Crippen LogP contribution < -0.4 is 5.73 Å². The van der Waals surface area contributed by atoms with Gasteiger partial charge in [-0.1, -0.05) is 0 Å². The van der Waals surface area contributed by atoms with Gasteiger partial charge in [0.15, 0.2) is 10.8 Å². The molecule has 0 saturated carbocycles. The van der Waals surface area contributed by atoms with Crippen LogP contribution in [0.25, 0.3) is 0 Å². The summed E-state index contributed by atoms with van der Waals surface area (Å²) in [6, 6.07) is 0. The van der Waals surface area contributed by atoms with Crippen LogP contribution in [0.3, 0.4) is 0 Å². The molecular weight excluding hydrogens is 150 g/mol. The van der Waals surface area contributed by atoms with Crippen LogP contribution in [0, 0.1) is 0 Å². The molecule has 0 bridgehead atoms. The summed E-state index contributed by atoms with van der Waals surface area (Å²) < 4.78 is 3.69. The van der Waals surface area contributed by atoms with Crippen LogP contribution in [0.4, 0.5) is 0 Å². The summed E-state index contributed by atoms with van der Waals surface area (Å²) in [6.07, 6.45) is 1.73. The number of Topliss-reactive ketones (excluding diaryl/α,β-unsaturated/α-hetero) is 1. The molecule has 0 atom stereocenters. The van der Waals surface area contributed by atoms with Gasteiger partial charge in [-0.3, -0.25) is 4.79 Å². The zero-order valence-electron chi connectivity index (χ0n) is 5.28. The van der Waals surface area contributed by atoms with Crippen LogP contribution in [0.1, 0.15) is 16.2 Å². The standard InChI is InChI=1S/C5H7N3OS/c6-2-1-4(9)5-7-3-8-10-5/h3H,1-2,6H2. The molecule has 0 aliphatic rings. The van der Waals surface area contributed by atoms with E-state index in [2.05, 4.69) is 9.36 Å². The van der Waals surface area contributed by atoms with Gasteiger partial charge < -0.3 is 5.73 Å². The number of nitrogens with two attached hydrogens (primary N) is 1. The van der Waals surface area contributed by atoms with E-state index in [1.165, 1.54) is 6.33 Å². The fourth-order valence-corrected chi connectivity index (χ4v) is 1.03. The maximum absolute atomic E-state index is 10.9. The molecule has 0 fully saturated rings. The van der Waals surface area contributed by atoms with Gasteiger partial charge in [0, 0.05) is 6.42 Å². The van der Waals surface area contributed by atoms with E-state index < -0.39 is 0 Å². The Morgan fingerprint density at radius 1 is 1.80 bits per heavy atom. The van der Waals surface area contributed by atoms with Crippen LogP contribution in [0.2, 0.25) is 0 Å². The van der Waals surface area contributed by atoms with Gasteiger partial charge in [-0.05, 0) is 18.1 Å². The first kappa shape index (κ1) is 7.30. The van der Waals surface area contributed by atoms with Crippen molar-refractivity contribution < 1.29 is 4.79 Å². The third-order valence-electron chi connectivity index (χ3n) is 0.971. The summed E-state index contributed by atoms with van der Waals surface area (Å²) in [6.45, 7) is 0.373. The topological polar surface area (TPSA) is 68.9 Å². The quantitative estimate of drug-likeness (QED) is 0.630. The van der Waals surface area contributed by atoms with E-state index in [4.69, 9.17) is 5.73 Å². The number of nitrogens with zero attached hydrogens (tertiary/aromatic N) is 2. The van der Waals surface area contributed by atoms with E-state index >= 15 is 0 Å². The zero-order chi connectivity index (χ0) is 7.40. The first-order valence-corrected chi connectivity index (χ1v) is 3.62. The molecule has 0 radical (unpaired) electrons. The normalized spacial score (nSPS) is 9.70. The second-order valence-electron chi connectivity index (χ2n) is 1.71. The van der Waals surface area contributed by atoms with Crippen LogP contribution in [-0.2, 0) is 0 Å². The lowest BCUT2D eigenvalue weighted by Gasteiger charge is -1.88. The van der Waals surface area contributed by atoms with E-state index in [1.807, 2.05) is 0 Å². The SMILES string of the molecule is NCCC(=O)c1ncns1. The summed E-state index contributed by atoms with van der Waals surface area (Å²) in [5, 5.41) is 0.449. The van der Waals surface area contributed by atoms with E-state index in [9.17, 15) is 4.79 Å². The molecule has 1 aromatic heterocycles. The number of carbonyl (C=O) groups excluding carboxylic acids is 1. The molecule has 5 heteroatoms.